The molecule has 0 spiro atoms. The van der Waals surface area contributed by atoms with Crippen molar-refractivity contribution in [3.63, 3.8) is 0 Å². The van der Waals surface area contributed by atoms with Gasteiger partial charge in [0.15, 0.2) is 0 Å². The molecule has 0 aliphatic carbocycles. The summed E-state index contributed by atoms with van der Waals surface area (Å²) < 4.78 is 0. The Morgan fingerprint density at radius 2 is 1.88 bits per heavy atom. The first kappa shape index (κ1) is 15.2. The summed E-state index contributed by atoms with van der Waals surface area (Å²) >= 11 is 3.07. The van der Waals surface area contributed by atoms with E-state index in [9.17, 15) is 9.59 Å². The standard InChI is InChI=1S/C11H19BrN2O2/c1-2-7-13-10(15)6-4-3-5-8-14-11(16)9-12/h2H,1,3-9H2,(H,13,15)(H,14,16). The Morgan fingerprint density at radius 3 is 2.50 bits per heavy atom. The highest BCUT2D eigenvalue weighted by Crippen LogP contribution is 1.98. The molecular weight excluding hydrogens is 272 g/mol. The van der Waals surface area contributed by atoms with Crippen molar-refractivity contribution < 1.29 is 9.59 Å². The second kappa shape index (κ2) is 10.7. The van der Waals surface area contributed by atoms with E-state index in [0.29, 0.717) is 24.8 Å². The molecule has 2 amide bonds. The predicted octanol–water partition coefficient (Wildman–Crippen LogP) is 1.36. The number of nitrogens with one attached hydrogen (secondary N) is 2. The topological polar surface area (TPSA) is 58.2 Å². The van der Waals surface area contributed by atoms with E-state index in [1.54, 1.807) is 6.08 Å². The van der Waals surface area contributed by atoms with Gasteiger partial charge in [-0.3, -0.25) is 9.59 Å². The second-order valence-electron chi connectivity index (χ2n) is 3.39. The molecule has 0 fully saturated rings. The number of unbranched alkanes of at least 4 members (excludes halogenated alkanes) is 2. The highest BCUT2D eigenvalue weighted by Gasteiger charge is 1.99. The predicted molar refractivity (Wildman–Crippen MR) is 68.5 cm³/mol. The summed E-state index contributed by atoms with van der Waals surface area (Å²) in [5, 5.41) is 5.82. The fraction of sp³-hybridized carbons (Fsp3) is 0.636. The Hall–Kier alpha value is -0.840. The van der Waals surface area contributed by atoms with Gasteiger partial charge in [-0.25, -0.2) is 0 Å². The molecule has 0 unspecified atom stereocenters. The van der Waals surface area contributed by atoms with E-state index >= 15 is 0 Å². The van der Waals surface area contributed by atoms with Crippen LogP contribution in [0.5, 0.6) is 0 Å². The molecule has 0 rings (SSSR count). The molecule has 0 saturated heterocycles. The van der Waals surface area contributed by atoms with E-state index in [2.05, 4.69) is 33.1 Å². The molecule has 0 bridgehead atoms. The molecule has 0 aromatic heterocycles. The van der Waals surface area contributed by atoms with Crippen molar-refractivity contribution in [1.29, 1.82) is 0 Å². The maximum atomic E-state index is 11.2. The number of hydrogen-bond acceptors (Lipinski definition) is 2. The number of carbonyl (C=O) groups is 2. The van der Waals surface area contributed by atoms with Crippen LogP contribution in [-0.2, 0) is 9.59 Å². The van der Waals surface area contributed by atoms with Gasteiger partial charge in [0, 0.05) is 19.5 Å². The summed E-state index contributed by atoms with van der Waals surface area (Å²) in [6.07, 6.45) is 4.92. The van der Waals surface area contributed by atoms with Gasteiger partial charge in [0.05, 0.1) is 5.33 Å². The first-order valence-corrected chi connectivity index (χ1v) is 6.53. The monoisotopic (exact) mass is 290 g/mol. The highest BCUT2D eigenvalue weighted by molar-refractivity contribution is 9.09. The Kier molecular flexibility index (Phi) is 10.1. The van der Waals surface area contributed by atoms with Crippen LogP contribution in [0.15, 0.2) is 12.7 Å². The van der Waals surface area contributed by atoms with Gasteiger partial charge in [0.25, 0.3) is 0 Å². The fourth-order valence-electron chi connectivity index (χ4n) is 1.14. The molecule has 5 heteroatoms. The van der Waals surface area contributed by atoms with Crippen LogP contribution in [0, 0.1) is 0 Å². The lowest BCUT2D eigenvalue weighted by Gasteiger charge is -2.03. The van der Waals surface area contributed by atoms with Crippen molar-refractivity contribution in [3.8, 4) is 0 Å². The van der Waals surface area contributed by atoms with Crippen molar-refractivity contribution >= 4 is 27.7 Å². The number of halogens is 1. The molecule has 0 aliphatic rings. The minimum Gasteiger partial charge on any atom is -0.355 e. The highest BCUT2D eigenvalue weighted by atomic mass is 79.9. The normalized spacial score (nSPS) is 9.56. The Labute approximate surface area is 105 Å². The maximum Gasteiger partial charge on any atom is 0.230 e. The van der Waals surface area contributed by atoms with Crippen LogP contribution in [0.1, 0.15) is 25.7 Å². The lowest BCUT2D eigenvalue weighted by molar-refractivity contribution is -0.121. The van der Waals surface area contributed by atoms with Crippen molar-refractivity contribution in [2.24, 2.45) is 0 Å². The van der Waals surface area contributed by atoms with E-state index < -0.39 is 0 Å². The van der Waals surface area contributed by atoms with Gasteiger partial charge in [-0.2, -0.15) is 0 Å². The van der Waals surface area contributed by atoms with E-state index in [1.165, 1.54) is 0 Å². The summed E-state index contributed by atoms with van der Waals surface area (Å²) in [6.45, 7) is 4.73. The van der Waals surface area contributed by atoms with Crippen LogP contribution in [-0.4, -0.2) is 30.2 Å². The molecule has 0 aliphatic heterocycles. The number of carbonyl (C=O) groups excluding carboxylic acids is 2. The van der Waals surface area contributed by atoms with Crippen molar-refractivity contribution in [1.82, 2.24) is 10.6 Å². The third-order valence-corrected chi connectivity index (χ3v) is 2.48. The lowest BCUT2D eigenvalue weighted by atomic mass is 10.2. The van der Waals surface area contributed by atoms with Crippen molar-refractivity contribution in [2.75, 3.05) is 18.4 Å². The average molecular weight is 291 g/mol. The van der Waals surface area contributed by atoms with Crippen LogP contribution in [0.3, 0.4) is 0 Å². The SMILES string of the molecule is C=CCNC(=O)CCCCCNC(=O)CBr. The van der Waals surface area contributed by atoms with E-state index in [-0.39, 0.29) is 11.8 Å². The molecule has 2 N–H and O–H groups in total. The summed E-state index contributed by atoms with van der Waals surface area (Å²) in [7, 11) is 0. The van der Waals surface area contributed by atoms with Gasteiger partial charge in [-0.05, 0) is 12.8 Å². The second-order valence-corrected chi connectivity index (χ2v) is 3.95. The van der Waals surface area contributed by atoms with Gasteiger partial charge < -0.3 is 10.6 Å². The average Bonchev–Trinajstić information content (AvgIpc) is 2.30. The summed E-state index contributed by atoms with van der Waals surface area (Å²) in [6, 6.07) is 0. The smallest absolute Gasteiger partial charge is 0.230 e. The summed E-state index contributed by atoms with van der Waals surface area (Å²) in [5.41, 5.74) is 0. The Balaban J connectivity index is 3.23. The van der Waals surface area contributed by atoms with Gasteiger partial charge in [-0.15, -0.1) is 6.58 Å². The molecule has 4 nitrogen and oxygen atoms in total. The van der Waals surface area contributed by atoms with Crippen molar-refractivity contribution in [2.45, 2.75) is 25.7 Å². The molecule has 92 valence electrons. The number of alkyl halides is 1. The Bertz CT molecular complexity index is 232. The van der Waals surface area contributed by atoms with Crippen LogP contribution in [0.2, 0.25) is 0 Å². The van der Waals surface area contributed by atoms with Crippen LogP contribution in [0.25, 0.3) is 0 Å². The largest absolute Gasteiger partial charge is 0.355 e. The number of hydrogen-bond donors (Lipinski definition) is 2. The van der Waals surface area contributed by atoms with Crippen LogP contribution in [0.4, 0.5) is 0 Å². The number of rotatable bonds is 9. The molecule has 0 heterocycles. The molecular formula is C11H19BrN2O2. The van der Waals surface area contributed by atoms with Gasteiger partial charge in [0.1, 0.15) is 0 Å². The van der Waals surface area contributed by atoms with E-state index in [1.807, 2.05) is 0 Å². The van der Waals surface area contributed by atoms with Gasteiger partial charge in [-0.1, -0.05) is 28.4 Å². The maximum absolute atomic E-state index is 11.2. The molecule has 0 aromatic rings. The molecule has 0 saturated carbocycles. The minimum atomic E-state index is 0.00345. The third kappa shape index (κ3) is 9.71. The number of amides is 2. The van der Waals surface area contributed by atoms with E-state index in [0.717, 1.165) is 19.3 Å². The molecule has 0 aromatic carbocycles. The molecule has 16 heavy (non-hydrogen) atoms. The van der Waals surface area contributed by atoms with Crippen LogP contribution >= 0.6 is 15.9 Å². The Morgan fingerprint density at radius 1 is 1.12 bits per heavy atom. The zero-order chi connectivity index (χ0) is 12.2. The third-order valence-electron chi connectivity index (χ3n) is 1.97. The molecule has 0 atom stereocenters. The molecule has 0 radical (unpaired) electrons. The minimum absolute atomic E-state index is 0.00345. The zero-order valence-electron chi connectivity index (χ0n) is 9.43. The summed E-state index contributed by atoms with van der Waals surface area (Å²) in [4.78, 5) is 22.0. The van der Waals surface area contributed by atoms with Gasteiger partial charge in [0.2, 0.25) is 11.8 Å². The van der Waals surface area contributed by atoms with Gasteiger partial charge >= 0.3 is 0 Å². The summed E-state index contributed by atoms with van der Waals surface area (Å²) in [5.74, 6) is 0.0631. The van der Waals surface area contributed by atoms with Crippen LogP contribution < -0.4 is 10.6 Å². The quantitative estimate of drug-likeness (QED) is 0.383. The van der Waals surface area contributed by atoms with E-state index in [4.69, 9.17) is 0 Å². The first-order chi connectivity index (χ1) is 7.70. The zero-order valence-corrected chi connectivity index (χ0v) is 11.0. The first-order valence-electron chi connectivity index (χ1n) is 5.41. The van der Waals surface area contributed by atoms with Crippen molar-refractivity contribution in [3.05, 3.63) is 12.7 Å². The lowest BCUT2D eigenvalue weighted by Crippen LogP contribution is -2.25. The fourth-order valence-corrected chi connectivity index (χ4v) is 1.34.